The van der Waals surface area contributed by atoms with Gasteiger partial charge in [0, 0.05) is 6.42 Å². The highest BCUT2D eigenvalue weighted by molar-refractivity contribution is 5.49. The molecule has 1 unspecified atom stereocenters. The standard InChI is InChI=1S/C8H14O/c1-3-4-5-8(2)6-7-9/h3-4,7-8H,5-6H2,1-2H3/b4-3-. The summed E-state index contributed by atoms with van der Waals surface area (Å²) in [6.45, 7) is 4.07. The van der Waals surface area contributed by atoms with Gasteiger partial charge < -0.3 is 4.79 Å². The van der Waals surface area contributed by atoms with Crippen LogP contribution in [0.15, 0.2) is 12.2 Å². The zero-order valence-corrected chi connectivity index (χ0v) is 6.13. The van der Waals surface area contributed by atoms with Crippen LogP contribution >= 0.6 is 0 Å². The van der Waals surface area contributed by atoms with E-state index in [1.165, 1.54) is 0 Å². The molecule has 1 heteroatoms. The van der Waals surface area contributed by atoms with Crippen LogP contribution in [0.25, 0.3) is 0 Å². The SMILES string of the molecule is C/C=C\CC(C)CC=O. The Morgan fingerprint density at radius 3 is 2.56 bits per heavy atom. The summed E-state index contributed by atoms with van der Waals surface area (Å²) >= 11 is 0. The Morgan fingerprint density at radius 1 is 1.44 bits per heavy atom. The van der Waals surface area contributed by atoms with Gasteiger partial charge in [-0.15, -0.1) is 0 Å². The van der Waals surface area contributed by atoms with Crippen LogP contribution in [0.5, 0.6) is 0 Å². The van der Waals surface area contributed by atoms with Gasteiger partial charge in [0.1, 0.15) is 6.29 Å². The van der Waals surface area contributed by atoms with E-state index in [9.17, 15) is 4.79 Å². The Balaban J connectivity index is 3.25. The summed E-state index contributed by atoms with van der Waals surface area (Å²) in [4.78, 5) is 9.95. The predicted molar refractivity (Wildman–Crippen MR) is 39.3 cm³/mol. The second kappa shape index (κ2) is 5.54. The maximum Gasteiger partial charge on any atom is 0.120 e. The molecular weight excluding hydrogens is 112 g/mol. The van der Waals surface area contributed by atoms with Crippen molar-refractivity contribution in [3.63, 3.8) is 0 Å². The second-order valence-electron chi connectivity index (χ2n) is 2.31. The molecule has 0 aromatic heterocycles. The quantitative estimate of drug-likeness (QED) is 0.417. The smallest absolute Gasteiger partial charge is 0.120 e. The number of rotatable bonds is 4. The minimum Gasteiger partial charge on any atom is -0.303 e. The first kappa shape index (κ1) is 8.41. The van der Waals surface area contributed by atoms with Crippen LogP contribution in [0.2, 0.25) is 0 Å². The molecule has 0 aliphatic heterocycles. The Hall–Kier alpha value is -0.590. The van der Waals surface area contributed by atoms with Crippen molar-refractivity contribution in [3.8, 4) is 0 Å². The summed E-state index contributed by atoms with van der Waals surface area (Å²) in [7, 11) is 0. The van der Waals surface area contributed by atoms with Crippen LogP contribution in [-0.2, 0) is 4.79 Å². The zero-order chi connectivity index (χ0) is 7.11. The first-order valence-electron chi connectivity index (χ1n) is 3.36. The van der Waals surface area contributed by atoms with Gasteiger partial charge in [-0.25, -0.2) is 0 Å². The van der Waals surface area contributed by atoms with Crippen LogP contribution in [0.1, 0.15) is 26.7 Å². The number of carbonyl (C=O) groups excluding carboxylic acids is 1. The lowest BCUT2D eigenvalue weighted by molar-refractivity contribution is -0.108. The van der Waals surface area contributed by atoms with Crippen molar-refractivity contribution in [2.75, 3.05) is 0 Å². The van der Waals surface area contributed by atoms with Gasteiger partial charge in [0.05, 0.1) is 0 Å². The molecule has 0 aromatic carbocycles. The molecule has 0 saturated carbocycles. The van der Waals surface area contributed by atoms with E-state index < -0.39 is 0 Å². The summed E-state index contributed by atoms with van der Waals surface area (Å²) in [5, 5.41) is 0. The van der Waals surface area contributed by atoms with E-state index in [-0.39, 0.29) is 0 Å². The average Bonchev–Trinajstić information content (AvgIpc) is 1.85. The first-order valence-corrected chi connectivity index (χ1v) is 3.36. The van der Waals surface area contributed by atoms with Crippen LogP contribution in [0.3, 0.4) is 0 Å². The van der Waals surface area contributed by atoms with E-state index in [1.54, 1.807) is 0 Å². The van der Waals surface area contributed by atoms with Crippen molar-refractivity contribution >= 4 is 6.29 Å². The first-order chi connectivity index (χ1) is 4.31. The van der Waals surface area contributed by atoms with E-state index in [4.69, 9.17) is 0 Å². The molecule has 0 saturated heterocycles. The van der Waals surface area contributed by atoms with Gasteiger partial charge >= 0.3 is 0 Å². The number of hydrogen-bond acceptors (Lipinski definition) is 1. The summed E-state index contributed by atoms with van der Waals surface area (Å²) in [6.07, 6.45) is 6.79. The van der Waals surface area contributed by atoms with Gasteiger partial charge in [-0.1, -0.05) is 19.1 Å². The molecule has 0 amide bonds. The fourth-order valence-corrected chi connectivity index (χ4v) is 0.629. The van der Waals surface area contributed by atoms with Gasteiger partial charge in [0.15, 0.2) is 0 Å². The van der Waals surface area contributed by atoms with Crippen molar-refractivity contribution in [1.29, 1.82) is 0 Å². The minimum atomic E-state index is 0.513. The van der Waals surface area contributed by atoms with Crippen LogP contribution in [0.4, 0.5) is 0 Å². The highest BCUT2D eigenvalue weighted by Crippen LogP contribution is 2.04. The zero-order valence-electron chi connectivity index (χ0n) is 6.13. The van der Waals surface area contributed by atoms with Crippen molar-refractivity contribution in [3.05, 3.63) is 12.2 Å². The molecule has 0 spiro atoms. The van der Waals surface area contributed by atoms with Crippen molar-refractivity contribution in [1.82, 2.24) is 0 Å². The molecule has 0 aliphatic carbocycles. The Labute approximate surface area is 56.8 Å². The van der Waals surface area contributed by atoms with Gasteiger partial charge in [0.25, 0.3) is 0 Å². The monoisotopic (exact) mass is 126 g/mol. The molecule has 9 heavy (non-hydrogen) atoms. The van der Waals surface area contributed by atoms with Crippen LogP contribution in [-0.4, -0.2) is 6.29 Å². The molecule has 0 heterocycles. The normalized spacial score (nSPS) is 14.0. The molecule has 1 atom stereocenters. The predicted octanol–water partition coefficient (Wildman–Crippen LogP) is 2.18. The lowest BCUT2D eigenvalue weighted by atomic mass is 10.1. The van der Waals surface area contributed by atoms with Crippen LogP contribution in [0, 0.1) is 5.92 Å². The Kier molecular flexibility index (Phi) is 5.18. The molecule has 0 bridgehead atoms. The Morgan fingerprint density at radius 2 is 2.11 bits per heavy atom. The van der Waals surface area contributed by atoms with Gasteiger partial charge in [0.2, 0.25) is 0 Å². The van der Waals surface area contributed by atoms with Crippen LogP contribution < -0.4 is 0 Å². The fourth-order valence-electron chi connectivity index (χ4n) is 0.629. The summed E-state index contributed by atoms with van der Waals surface area (Å²) in [5.74, 6) is 0.513. The maximum atomic E-state index is 9.95. The third-order valence-corrected chi connectivity index (χ3v) is 1.27. The van der Waals surface area contributed by atoms with E-state index >= 15 is 0 Å². The largest absolute Gasteiger partial charge is 0.303 e. The molecule has 1 nitrogen and oxygen atoms in total. The summed E-state index contributed by atoms with van der Waals surface area (Å²) in [6, 6.07) is 0. The van der Waals surface area contributed by atoms with E-state index in [0.717, 1.165) is 12.7 Å². The van der Waals surface area contributed by atoms with Crippen molar-refractivity contribution in [2.24, 2.45) is 5.92 Å². The lowest BCUT2D eigenvalue weighted by Crippen LogP contribution is -1.91. The van der Waals surface area contributed by atoms with E-state index in [2.05, 4.69) is 13.0 Å². The van der Waals surface area contributed by atoms with E-state index in [0.29, 0.717) is 12.3 Å². The van der Waals surface area contributed by atoms with Gasteiger partial charge in [-0.2, -0.15) is 0 Å². The molecule has 0 fully saturated rings. The topological polar surface area (TPSA) is 17.1 Å². The molecule has 0 aromatic rings. The number of hydrogen-bond donors (Lipinski definition) is 0. The maximum absolute atomic E-state index is 9.95. The highest BCUT2D eigenvalue weighted by Gasteiger charge is 1.95. The molecular formula is C8H14O. The number of carbonyl (C=O) groups is 1. The lowest BCUT2D eigenvalue weighted by Gasteiger charge is -2.00. The third kappa shape index (κ3) is 5.28. The third-order valence-electron chi connectivity index (χ3n) is 1.27. The molecule has 52 valence electrons. The molecule has 0 rings (SSSR count). The highest BCUT2D eigenvalue weighted by atomic mass is 16.1. The van der Waals surface area contributed by atoms with Gasteiger partial charge in [-0.3, -0.25) is 0 Å². The second-order valence-corrected chi connectivity index (χ2v) is 2.31. The fraction of sp³-hybridized carbons (Fsp3) is 0.625. The van der Waals surface area contributed by atoms with E-state index in [1.807, 2.05) is 13.0 Å². The summed E-state index contributed by atoms with van der Waals surface area (Å²) < 4.78 is 0. The average molecular weight is 126 g/mol. The van der Waals surface area contributed by atoms with Crippen molar-refractivity contribution in [2.45, 2.75) is 26.7 Å². The number of allylic oxidation sites excluding steroid dienone is 2. The Bertz CT molecular complexity index is 94.7. The minimum absolute atomic E-state index is 0.513. The molecule has 0 radical (unpaired) electrons. The van der Waals surface area contributed by atoms with Gasteiger partial charge in [-0.05, 0) is 19.3 Å². The molecule has 0 aliphatic rings. The van der Waals surface area contributed by atoms with Crippen molar-refractivity contribution < 1.29 is 4.79 Å². The number of aldehydes is 1. The summed E-state index contributed by atoms with van der Waals surface area (Å²) in [5.41, 5.74) is 0. The molecule has 0 N–H and O–H groups in total.